The number of aromatic nitrogens is 2. The molecule has 0 aliphatic heterocycles. The normalized spacial score (nSPS) is 14.5. The van der Waals surface area contributed by atoms with Gasteiger partial charge in [-0.05, 0) is 20.1 Å². The van der Waals surface area contributed by atoms with Crippen LogP contribution in [0.5, 0.6) is 0 Å². The third-order valence-corrected chi connectivity index (χ3v) is 2.87. The zero-order valence-corrected chi connectivity index (χ0v) is 10.6. The lowest BCUT2D eigenvalue weighted by atomic mass is 10.1. The quantitative estimate of drug-likeness (QED) is 0.711. The second-order valence-electron chi connectivity index (χ2n) is 4.01. The third kappa shape index (κ3) is 4.24. The molecule has 1 rings (SSSR count). The summed E-state index contributed by atoms with van der Waals surface area (Å²) in [5.41, 5.74) is 4.84. The summed E-state index contributed by atoms with van der Waals surface area (Å²) in [6, 6.07) is 1.65. The summed E-state index contributed by atoms with van der Waals surface area (Å²) in [5.74, 6) is 2.36. The number of hydrogen-bond acceptors (Lipinski definition) is 6. The molecule has 4 N–H and O–H groups in total. The second kappa shape index (κ2) is 5.36. The molecule has 6 heteroatoms. The smallest absolute Gasteiger partial charge is 0.131 e. The van der Waals surface area contributed by atoms with Crippen molar-refractivity contribution in [2.24, 2.45) is 0 Å². The molecule has 1 aromatic rings. The fraction of sp³-hybridized carbons (Fsp3) is 0.600. The number of anilines is 2. The Morgan fingerprint density at radius 3 is 2.81 bits per heavy atom. The van der Waals surface area contributed by atoms with E-state index in [9.17, 15) is 5.11 Å². The first-order valence-electron chi connectivity index (χ1n) is 4.99. The minimum Gasteiger partial charge on any atom is -0.387 e. The highest BCUT2D eigenvalue weighted by molar-refractivity contribution is 7.98. The molecule has 0 amide bonds. The molecule has 0 aromatic carbocycles. The Labute approximate surface area is 99.9 Å². The van der Waals surface area contributed by atoms with Crippen LogP contribution in [-0.2, 0) is 0 Å². The van der Waals surface area contributed by atoms with Crippen LogP contribution in [0.2, 0.25) is 0 Å². The summed E-state index contributed by atoms with van der Waals surface area (Å²) in [5, 5.41) is 13.0. The van der Waals surface area contributed by atoms with E-state index in [1.54, 1.807) is 31.7 Å². The minimum atomic E-state index is -0.757. The van der Waals surface area contributed by atoms with Gasteiger partial charge < -0.3 is 16.2 Å². The van der Waals surface area contributed by atoms with Gasteiger partial charge in [-0.3, -0.25) is 0 Å². The van der Waals surface area contributed by atoms with E-state index in [1.165, 1.54) is 0 Å². The summed E-state index contributed by atoms with van der Waals surface area (Å²) in [6.07, 6.45) is 1.96. The lowest BCUT2D eigenvalue weighted by molar-refractivity contribution is 0.0996. The van der Waals surface area contributed by atoms with E-state index >= 15 is 0 Å². The SMILES string of the molecule is CSCC(C)(O)CNc1cc(N)nc(C)n1. The first-order valence-corrected chi connectivity index (χ1v) is 6.39. The number of aliphatic hydroxyl groups is 1. The highest BCUT2D eigenvalue weighted by Crippen LogP contribution is 2.13. The van der Waals surface area contributed by atoms with Crippen LogP contribution in [0.25, 0.3) is 0 Å². The summed E-state index contributed by atoms with van der Waals surface area (Å²) >= 11 is 1.60. The highest BCUT2D eigenvalue weighted by Gasteiger charge is 2.19. The Balaban J connectivity index is 2.60. The van der Waals surface area contributed by atoms with Gasteiger partial charge in [0.2, 0.25) is 0 Å². The van der Waals surface area contributed by atoms with Crippen LogP contribution < -0.4 is 11.1 Å². The molecule has 5 nitrogen and oxygen atoms in total. The predicted molar refractivity (Wildman–Crippen MR) is 68.7 cm³/mol. The number of nitrogens with two attached hydrogens (primary N) is 1. The molecule has 16 heavy (non-hydrogen) atoms. The maximum absolute atomic E-state index is 9.96. The summed E-state index contributed by atoms with van der Waals surface area (Å²) in [7, 11) is 0. The predicted octanol–water partition coefficient (Wildman–Crippen LogP) is 0.893. The van der Waals surface area contributed by atoms with E-state index in [0.29, 0.717) is 29.8 Å². The van der Waals surface area contributed by atoms with Crippen LogP contribution in [0.15, 0.2) is 6.07 Å². The van der Waals surface area contributed by atoms with E-state index < -0.39 is 5.60 Å². The van der Waals surface area contributed by atoms with Gasteiger partial charge in [0.1, 0.15) is 17.5 Å². The first-order chi connectivity index (χ1) is 7.43. The van der Waals surface area contributed by atoms with Crippen molar-refractivity contribution in [1.82, 2.24) is 9.97 Å². The Bertz CT molecular complexity index is 336. The van der Waals surface area contributed by atoms with E-state index in [4.69, 9.17) is 5.73 Å². The van der Waals surface area contributed by atoms with Gasteiger partial charge >= 0.3 is 0 Å². The Morgan fingerprint density at radius 2 is 2.25 bits per heavy atom. The Hall–Kier alpha value is -1.01. The molecule has 1 atom stereocenters. The number of nitrogens with one attached hydrogen (secondary N) is 1. The van der Waals surface area contributed by atoms with E-state index in [2.05, 4.69) is 15.3 Å². The lowest BCUT2D eigenvalue weighted by Gasteiger charge is -2.22. The number of hydrogen-bond donors (Lipinski definition) is 3. The van der Waals surface area contributed by atoms with Crippen LogP contribution in [0.4, 0.5) is 11.6 Å². The van der Waals surface area contributed by atoms with Crippen LogP contribution in [0.1, 0.15) is 12.7 Å². The monoisotopic (exact) mass is 242 g/mol. The molecule has 1 heterocycles. The van der Waals surface area contributed by atoms with Gasteiger partial charge in [0.25, 0.3) is 0 Å². The maximum Gasteiger partial charge on any atom is 0.131 e. The van der Waals surface area contributed by atoms with Crippen LogP contribution in [0.3, 0.4) is 0 Å². The van der Waals surface area contributed by atoms with Crippen molar-refractivity contribution >= 4 is 23.4 Å². The van der Waals surface area contributed by atoms with Gasteiger partial charge in [0, 0.05) is 18.4 Å². The van der Waals surface area contributed by atoms with E-state index in [0.717, 1.165) is 0 Å². The molecule has 0 fully saturated rings. The average Bonchev–Trinajstić information content (AvgIpc) is 2.13. The van der Waals surface area contributed by atoms with Crippen molar-refractivity contribution in [1.29, 1.82) is 0 Å². The molecule has 0 saturated heterocycles. The van der Waals surface area contributed by atoms with Crippen molar-refractivity contribution in [3.8, 4) is 0 Å². The second-order valence-corrected chi connectivity index (χ2v) is 4.87. The van der Waals surface area contributed by atoms with Crippen molar-refractivity contribution in [3.05, 3.63) is 11.9 Å². The zero-order chi connectivity index (χ0) is 12.2. The van der Waals surface area contributed by atoms with E-state index in [1.807, 2.05) is 6.26 Å². The lowest BCUT2D eigenvalue weighted by Crippen LogP contribution is -2.36. The Kier molecular flexibility index (Phi) is 4.37. The molecule has 90 valence electrons. The van der Waals surface area contributed by atoms with Crippen molar-refractivity contribution in [2.75, 3.05) is 29.6 Å². The largest absolute Gasteiger partial charge is 0.387 e. The molecular formula is C10H18N4OS. The highest BCUT2D eigenvalue weighted by atomic mass is 32.2. The topological polar surface area (TPSA) is 84.1 Å². The standard InChI is InChI=1S/C10H18N4OS/c1-7-13-8(11)4-9(14-7)12-5-10(2,15)6-16-3/h4,15H,5-6H2,1-3H3,(H3,11,12,13,14). The first kappa shape index (κ1) is 13.1. The van der Waals surface area contributed by atoms with Crippen LogP contribution >= 0.6 is 11.8 Å². The van der Waals surface area contributed by atoms with Crippen molar-refractivity contribution in [2.45, 2.75) is 19.4 Å². The number of nitrogens with zero attached hydrogens (tertiary/aromatic N) is 2. The molecule has 0 radical (unpaired) electrons. The van der Waals surface area contributed by atoms with E-state index in [-0.39, 0.29) is 0 Å². The van der Waals surface area contributed by atoms with Crippen LogP contribution in [0, 0.1) is 6.92 Å². The maximum atomic E-state index is 9.96. The molecular weight excluding hydrogens is 224 g/mol. The number of rotatable bonds is 5. The molecule has 1 aromatic heterocycles. The molecule has 0 bridgehead atoms. The van der Waals surface area contributed by atoms with Gasteiger partial charge in [-0.15, -0.1) is 0 Å². The van der Waals surface area contributed by atoms with Gasteiger partial charge in [0.05, 0.1) is 5.60 Å². The average molecular weight is 242 g/mol. The minimum absolute atomic E-state index is 0.430. The summed E-state index contributed by atoms with van der Waals surface area (Å²) in [4.78, 5) is 8.15. The molecule has 0 aliphatic rings. The summed E-state index contributed by atoms with van der Waals surface area (Å²) in [6.45, 7) is 4.00. The number of aryl methyl sites for hydroxylation is 1. The van der Waals surface area contributed by atoms with Crippen molar-refractivity contribution < 1.29 is 5.11 Å². The van der Waals surface area contributed by atoms with Crippen molar-refractivity contribution in [3.63, 3.8) is 0 Å². The number of nitrogen functional groups attached to an aromatic ring is 1. The zero-order valence-electron chi connectivity index (χ0n) is 9.82. The number of thioether (sulfide) groups is 1. The fourth-order valence-electron chi connectivity index (χ4n) is 1.32. The molecule has 0 aliphatic carbocycles. The van der Waals surface area contributed by atoms with Gasteiger partial charge in [0.15, 0.2) is 0 Å². The molecule has 1 unspecified atom stereocenters. The molecule has 0 spiro atoms. The van der Waals surface area contributed by atoms with Crippen LogP contribution in [-0.4, -0.2) is 39.2 Å². The molecule has 0 saturated carbocycles. The van der Waals surface area contributed by atoms with Gasteiger partial charge in [-0.2, -0.15) is 11.8 Å². The van der Waals surface area contributed by atoms with Gasteiger partial charge in [-0.1, -0.05) is 0 Å². The van der Waals surface area contributed by atoms with Gasteiger partial charge in [-0.25, -0.2) is 9.97 Å². The third-order valence-electron chi connectivity index (χ3n) is 1.96. The Morgan fingerprint density at radius 1 is 1.56 bits per heavy atom. The summed E-state index contributed by atoms with van der Waals surface area (Å²) < 4.78 is 0. The fourth-order valence-corrected chi connectivity index (χ4v) is 2.05.